The molecule has 0 aromatic rings. The molecule has 1 N–H and O–H groups in total. The van der Waals surface area contributed by atoms with Crippen molar-refractivity contribution in [3.8, 4) is 0 Å². The van der Waals surface area contributed by atoms with Gasteiger partial charge >= 0.3 is 5.97 Å². The molecular formula is C13H21IN2O4. The van der Waals surface area contributed by atoms with Crippen molar-refractivity contribution in [2.75, 3.05) is 13.7 Å². The predicted octanol–water partition coefficient (Wildman–Crippen LogP) is 1.28. The molecular weight excluding hydrogens is 375 g/mol. The molecule has 1 heterocycles. The number of hydrogen-bond donors (Lipinski definition) is 1. The first-order valence-electron chi connectivity index (χ1n) is 6.80. The summed E-state index contributed by atoms with van der Waals surface area (Å²) in [4.78, 5) is 37.7. The molecule has 1 aliphatic rings. The van der Waals surface area contributed by atoms with Crippen molar-refractivity contribution in [1.82, 2.24) is 8.43 Å². The molecule has 3 atom stereocenters. The maximum atomic E-state index is 12.5. The molecule has 0 aromatic carbocycles. The van der Waals surface area contributed by atoms with E-state index < -0.39 is 17.9 Å². The van der Waals surface area contributed by atoms with Gasteiger partial charge in [0.15, 0.2) is 0 Å². The highest BCUT2D eigenvalue weighted by Crippen LogP contribution is 2.31. The molecule has 1 fully saturated rings. The zero-order valence-corrected chi connectivity index (χ0v) is 14.2. The van der Waals surface area contributed by atoms with Gasteiger partial charge in [-0.05, 0) is 18.8 Å². The van der Waals surface area contributed by atoms with Crippen LogP contribution in [0.15, 0.2) is 0 Å². The van der Waals surface area contributed by atoms with Gasteiger partial charge < -0.3 is 9.64 Å². The zero-order chi connectivity index (χ0) is 15.3. The third-order valence-electron chi connectivity index (χ3n) is 3.73. The fourth-order valence-corrected chi connectivity index (χ4v) is 3.13. The van der Waals surface area contributed by atoms with Gasteiger partial charge in [-0.3, -0.25) is 17.9 Å². The van der Waals surface area contributed by atoms with Gasteiger partial charge in [-0.2, -0.15) is 0 Å². The summed E-state index contributed by atoms with van der Waals surface area (Å²) in [7, 11) is 1.29. The van der Waals surface area contributed by atoms with E-state index in [1.807, 2.05) is 13.8 Å². The number of hydrogen-bond acceptors (Lipinski definition) is 4. The van der Waals surface area contributed by atoms with E-state index in [4.69, 9.17) is 4.74 Å². The maximum Gasteiger partial charge on any atom is 0.318 e. The minimum atomic E-state index is -0.768. The molecule has 20 heavy (non-hydrogen) atoms. The van der Waals surface area contributed by atoms with Gasteiger partial charge in [-0.1, -0.05) is 20.3 Å². The summed E-state index contributed by atoms with van der Waals surface area (Å²) in [5.41, 5.74) is 0. The number of rotatable bonds is 6. The van der Waals surface area contributed by atoms with Gasteiger partial charge in [-0.25, -0.2) is 0 Å². The number of carbonyl (C=O) groups is 3. The second-order valence-corrected chi connectivity index (χ2v) is 5.46. The smallest absolute Gasteiger partial charge is 0.318 e. The van der Waals surface area contributed by atoms with E-state index in [1.165, 1.54) is 12.0 Å². The molecule has 2 unspecified atom stereocenters. The van der Waals surface area contributed by atoms with E-state index in [0.29, 0.717) is 13.0 Å². The largest absolute Gasteiger partial charge is 0.468 e. The van der Waals surface area contributed by atoms with Gasteiger partial charge in [-0.15, -0.1) is 0 Å². The summed E-state index contributed by atoms with van der Waals surface area (Å²) < 4.78 is 7.28. The molecule has 2 amide bonds. The van der Waals surface area contributed by atoms with Gasteiger partial charge in [0.2, 0.25) is 5.91 Å². The van der Waals surface area contributed by atoms with Gasteiger partial charge in [0.05, 0.1) is 30.0 Å². The minimum absolute atomic E-state index is 0.0731. The number of carbonyl (C=O) groups excluding carboxylic acids is 3. The minimum Gasteiger partial charge on any atom is -0.468 e. The van der Waals surface area contributed by atoms with Crippen molar-refractivity contribution < 1.29 is 19.1 Å². The van der Waals surface area contributed by atoms with Crippen LogP contribution in [0.3, 0.4) is 0 Å². The van der Waals surface area contributed by atoms with E-state index in [9.17, 15) is 14.4 Å². The lowest BCUT2D eigenvalue weighted by Crippen LogP contribution is -2.46. The Bertz CT molecular complexity index is 389. The van der Waals surface area contributed by atoms with E-state index >= 15 is 0 Å². The van der Waals surface area contributed by atoms with Crippen LogP contribution in [0, 0.1) is 11.8 Å². The average Bonchev–Trinajstić information content (AvgIpc) is 2.76. The van der Waals surface area contributed by atoms with E-state index in [1.54, 1.807) is 22.9 Å². The maximum absolute atomic E-state index is 12.5. The first kappa shape index (κ1) is 17.2. The molecule has 1 saturated heterocycles. The highest BCUT2D eigenvalue weighted by Gasteiger charge is 2.48. The Morgan fingerprint density at radius 2 is 2.15 bits per heavy atom. The summed E-state index contributed by atoms with van der Waals surface area (Å²) in [5.74, 6) is -1.84. The molecule has 0 radical (unpaired) electrons. The molecule has 1 rings (SSSR count). The Hall–Kier alpha value is -0.860. The Morgan fingerprint density at radius 1 is 1.50 bits per heavy atom. The number of likely N-dealkylation sites (tertiary alicyclic amines) is 1. The molecule has 7 heteroatoms. The molecule has 114 valence electrons. The fraction of sp³-hybridized carbons (Fsp3) is 0.769. The third-order valence-corrected chi connectivity index (χ3v) is 4.26. The second kappa shape index (κ2) is 7.80. The molecule has 0 bridgehead atoms. The van der Waals surface area contributed by atoms with Crippen molar-refractivity contribution in [1.29, 1.82) is 0 Å². The Kier molecular flexibility index (Phi) is 6.70. The van der Waals surface area contributed by atoms with Crippen LogP contribution in [0.2, 0.25) is 0 Å². The van der Waals surface area contributed by atoms with Crippen LogP contribution >= 0.6 is 22.9 Å². The van der Waals surface area contributed by atoms with Crippen LogP contribution < -0.4 is 3.53 Å². The first-order valence-corrected chi connectivity index (χ1v) is 7.88. The highest BCUT2D eigenvalue weighted by atomic mass is 127. The molecule has 0 spiro atoms. The van der Waals surface area contributed by atoms with Crippen LogP contribution in [0.1, 0.15) is 33.1 Å². The molecule has 0 aromatic heterocycles. The third kappa shape index (κ3) is 3.42. The predicted molar refractivity (Wildman–Crippen MR) is 81.9 cm³/mol. The Morgan fingerprint density at radius 3 is 2.60 bits per heavy atom. The average molecular weight is 396 g/mol. The second-order valence-electron chi connectivity index (χ2n) is 4.92. The van der Waals surface area contributed by atoms with Crippen molar-refractivity contribution in [3.63, 3.8) is 0 Å². The quantitative estimate of drug-likeness (QED) is 0.318. The van der Waals surface area contributed by atoms with E-state index in [-0.39, 0.29) is 17.7 Å². The molecule has 0 aliphatic carbocycles. The summed E-state index contributed by atoms with van der Waals surface area (Å²) in [6, 6.07) is -0.520. The lowest BCUT2D eigenvalue weighted by Gasteiger charge is -2.25. The molecule has 1 aliphatic heterocycles. The number of methoxy groups -OCH3 is 1. The number of nitrogens with one attached hydrogen (secondary N) is 1. The van der Waals surface area contributed by atoms with Gasteiger partial charge in [0.25, 0.3) is 5.91 Å². The van der Waals surface area contributed by atoms with E-state index in [2.05, 4.69) is 3.53 Å². The topological polar surface area (TPSA) is 75.7 Å². The SMILES string of the molecule is CCCC1CN([C@@H](CC)C(=O)NI)C(=O)C1C(=O)OC. The van der Waals surface area contributed by atoms with Crippen molar-refractivity contribution in [3.05, 3.63) is 0 Å². The number of ether oxygens (including phenoxy) is 1. The van der Waals surface area contributed by atoms with Crippen LogP contribution in [0.25, 0.3) is 0 Å². The Labute approximate surface area is 133 Å². The lowest BCUT2D eigenvalue weighted by molar-refractivity contribution is -0.153. The first-order chi connectivity index (χ1) is 9.51. The molecule has 6 nitrogen and oxygen atoms in total. The summed E-state index contributed by atoms with van der Waals surface area (Å²) in [6.07, 6.45) is 2.17. The van der Waals surface area contributed by atoms with Crippen molar-refractivity contribution in [2.24, 2.45) is 11.8 Å². The van der Waals surface area contributed by atoms with Crippen LogP contribution in [0.4, 0.5) is 0 Å². The molecule has 0 saturated carbocycles. The summed E-state index contributed by atoms with van der Waals surface area (Å²) >= 11 is 1.76. The fourth-order valence-electron chi connectivity index (χ4n) is 2.77. The van der Waals surface area contributed by atoms with Crippen LogP contribution in [-0.4, -0.2) is 42.4 Å². The highest BCUT2D eigenvalue weighted by molar-refractivity contribution is 14.1. The lowest BCUT2D eigenvalue weighted by atomic mass is 9.91. The summed E-state index contributed by atoms with van der Waals surface area (Å²) in [6.45, 7) is 4.30. The summed E-state index contributed by atoms with van der Waals surface area (Å²) in [5, 5.41) is 0. The number of esters is 1. The van der Waals surface area contributed by atoms with Crippen molar-refractivity contribution >= 4 is 40.6 Å². The number of amides is 2. The van der Waals surface area contributed by atoms with Gasteiger partial charge in [0, 0.05) is 6.54 Å². The van der Waals surface area contributed by atoms with Gasteiger partial charge in [0.1, 0.15) is 12.0 Å². The number of nitrogens with zero attached hydrogens (tertiary/aromatic N) is 1. The monoisotopic (exact) mass is 396 g/mol. The standard InChI is InChI=1S/C13H21IN2O4/c1-4-6-8-7-16(9(5-2)11(17)15-14)12(18)10(8)13(19)20-3/h8-10H,4-7H2,1-3H3,(H,15,17)/t8?,9-,10?/m0/s1. The van der Waals surface area contributed by atoms with Crippen LogP contribution in [0.5, 0.6) is 0 Å². The zero-order valence-electron chi connectivity index (χ0n) is 12.0. The van der Waals surface area contributed by atoms with Crippen LogP contribution in [-0.2, 0) is 19.1 Å². The normalized spacial score (nSPS) is 23.6. The Balaban J connectivity index is 2.98. The van der Waals surface area contributed by atoms with Crippen molar-refractivity contribution in [2.45, 2.75) is 39.2 Å². The number of halogens is 1. The van der Waals surface area contributed by atoms with E-state index in [0.717, 1.165) is 12.8 Å².